The fourth-order valence-electron chi connectivity index (χ4n) is 1.67. The number of carboxylic acids is 1. The zero-order valence-corrected chi connectivity index (χ0v) is 10.2. The lowest BCUT2D eigenvalue weighted by Crippen LogP contribution is -2.24. The van der Waals surface area contributed by atoms with E-state index in [0.29, 0.717) is 5.92 Å². The van der Waals surface area contributed by atoms with Gasteiger partial charge in [0.25, 0.3) is 0 Å². The molecule has 4 heteroatoms. The zero-order valence-electron chi connectivity index (χ0n) is 10.2. The summed E-state index contributed by atoms with van der Waals surface area (Å²) in [4.78, 5) is 17.0. The van der Waals surface area contributed by atoms with Crippen LogP contribution in [0, 0.1) is 12.8 Å². The number of aromatic nitrogens is 1. The molecular formula is C12H18N2O2. The van der Waals surface area contributed by atoms with Crippen molar-refractivity contribution in [1.82, 2.24) is 4.98 Å². The molecule has 0 aliphatic carbocycles. The summed E-state index contributed by atoms with van der Waals surface area (Å²) in [6.45, 7) is 6.89. The third-order valence-corrected chi connectivity index (χ3v) is 2.30. The third kappa shape index (κ3) is 2.95. The molecule has 1 aromatic rings. The van der Waals surface area contributed by atoms with Gasteiger partial charge in [-0.05, 0) is 18.9 Å². The van der Waals surface area contributed by atoms with Crippen molar-refractivity contribution < 1.29 is 9.90 Å². The minimum Gasteiger partial charge on any atom is -0.478 e. The number of pyridine rings is 1. The molecule has 88 valence electrons. The summed E-state index contributed by atoms with van der Waals surface area (Å²) in [5, 5.41) is 9.07. The highest BCUT2D eigenvalue weighted by Crippen LogP contribution is 2.20. The minimum absolute atomic E-state index is 0.258. The third-order valence-electron chi connectivity index (χ3n) is 2.30. The number of aryl methyl sites for hydroxylation is 1. The second-order valence-corrected chi connectivity index (χ2v) is 4.42. The molecule has 0 amide bonds. The molecule has 0 aromatic carbocycles. The van der Waals surface area contributed by atoms with E-state index in [2.05, 4.69) is 18.8 Å². The average molecular weight is 222 g/mol. The summed E-state index contributed by atoms with van der Waals surface area (Å²) in [6.07, 6.45) is 1.42. The van der Waals surface area contributed by atoms with E-state index in [-0.39, 0.29) is 5.56 Å². The molecule has 0 unspecified atom stereocenters. The summed E-state index contributed by atoms with van der Waals surface area (Å²) in [5.41, 5.74) is 1.82. The van der Waals surface area contributed by atoms with Gasteiger partial charge in [-0.3, -0.25) is 4.98 Å². The van der Waals surface area contributed by atoms with Crippen LogP contribution in [0.4, 0.5) is 5.69 Å². The summed E-state index contributed by atoms with van der Waals surface area (Å²) in [5.74, 6) is -0.446. The largest absolute Gasteiger partial charge is 0.478 e. The van der Waals surface area contributed by atoms with Gasteiger partial charge in [0.2, 0.25) is 0 Å². The number of rotatable bonds is 4. The highest BCUT2D eigenvalue weighted by atomic mass is 16.4. The molecule has 0 aliphatic rings. The van der Waals surface area contributed by atoms with Crippen molar-refractivity contribution >= 4 is 11.7 Å². The van der Waals surface area contributed by atoms with Gasteiger partial charge in [-0.2, -0.15) is 0 Å². The van der Waals surface area contributed by atoms with Crippen molar-refractivity contribution in [2.75, 3.05) is 18.5 Å². The summed E-state index contributed by atoms with van der Waals surface area (Å²) >= 11 is 0. The Morgan fingerprint density at radius 3 is 2.69 bits per heavy atom. The molecule has 0 saturated heterocycles. The van der Waals surface area contributed by atoms with Crippen LogP contribution in [0.5, 0.6) is 0 Å². The quantitative estimate of drug-likeness (QED) is 0.848. The first kappa shape index (κ1) is 12.5. The molecule has 1 rings (SSSR count). The molecule has 1 N–H and O–H groups in total. The van der Waals surface area contributed by atoms with E-state index in [0.717, 1.165) is 17.9 Å². The van der Waals surface area contributed by atoms with Gasteiger partial charge in [-0.1, -0.05) is 13.8 Å². The van der Waals surface area contributed by atoms with Crippen LogP contribution in [0.2, 0.25) is 0 Å². The van der Waals surface area contributed by atoms with E-state index in [1.54, 1.807) is 0 Å². The first-order valence-electron chi connectivity index (χ1n) is 5.33. The summed E-state index contributed by atoms with van der Waals surface area (Å²) in [6, 6.07) is 1.81. The highest BCUT2D eigenvalue weighted by Gasteiger charge is 2.14. The molecule has 0 spiro atoms. The van der Waals surface area contributed by atoms with E-state index in [1.165, 1.54) is 6.20 Å². The molecule has 0 saturated carbocycles. The van der Waals surface area contributed by atoms with Crippen molar-refractivity contribution in [2.24, 2.45) is 5.92 Å². The van der Waals surface area contributed by atoms with Gasteiger partial charge in [0.05, 0.1) is 5.69 Å². The number of anilines is 1. The Hall–Kier alpha value is -1.58. The van der Waals surface area contributed by atoms with Gasteiger partial charge >= 0.3 is 5.97 Å². The van der Waals surface area contributed by atoms with Crippen LogP contribution >= 0.6 is 0 Å². The van der Waals surface area contributed by atoms with Gasteiger partial charge in [0, 0.05) is 25.5 Å². The molecule has 0 bridgehead atoms. The predicted molar refractivity (Wildman–Crippen MR) is 64.0 cm³/mol. The van der Waals surface area contributed by atoms with E-state index in [4.69, 9.17) is 5.11 Å². The monoisotopic (exact) mass is 222 g/mol. The molecule has 0 radical (unpaired) electrons. The Morgan fingerprint density at radius 1 is 1.56 bits per heavy atom. The fraction of sp³-hybridized carbons (Fsp3) is 0.500. The second kappa shape index (κ2) is 4.96. The molecule has 0 fully saturated rings. The number of carbonyl (C=O) groups is 1. The lowest BCUT2D eigenvalue weighted by Gasteiger charge is -2.23. The van der Waals surface area contributed by atoms with E-state index < -0.39 is 5.97 Å². The standard InChI is InChI=1S/C12H18N2O2/c1-8(2)7-14(4)11-5-9(3)13-6-10(11)12(15)16/h5-6,8H,7H2,1-4H3,(H,15,16). The van der Waals surface area contributed by atoms with Gasteiger partial charge in [-0.25, -0.2) is 4.79 Å². The Morgan fingerprint density at radius 2 is 2.19 bits per heavy atom. The van der Waals surface area contributed by atoms with E-state index in [9.17, 15) is 4.79 Å². The Balaban J connectivity index is 3.09. The molecule has 0 atom stereocenters. The van der Waals surface area contributed by atoms with Crippen LogP contribution in [-0.2, 0) is 0 Å². The molecule has 0 aliphatic heterocycles. The van der Waals surface area contributed by atoms with Crippen LogP contribution in [0.3, 0.4) is 0 Å². The van der Waals surface area contributed by atoms with Crippen LogP contribution in [-0.4, -0.2) is 29.7 Å². The number of hydrogen-bond acceptors (Lipinski definition) is 3. The van der Waals surface area contributed by atoms with Crippen molar-refractivity contribution in [3.05, 3.63) is 23.5 Å². The van der Waals surface area contributed by atoms with Crippen molar-refractivity contribution in [3.63, 3.8) is 0 Å². The number of carboxylic acid groups (broad SMARTS) is 1. The first-order valence-corrected chi connectivity index (χ1v) is 5.33. The van der Waals surface area contributed by atoms with Crippen LogP contribution in [0.1, 0.15) is 29.9 Å². The minimum atomic E-state index is -0.932. The van der Waals surface area contributed by atoms with Crippen molar-refractivity contribution in [1.29, 1.82) is 0 Å². The van der Waals surface area contributed by atoms with Gasteiger partial charge in [0.15, 0.2) is 0 Å². The zero-order chi connectivity index (χ0) is 12.3. The van der Waals surface area contributed by atoms with Crippen molar-refractivity contribution in [2.45, 2.75) is 20.8 Å². The second-order valence-electron chi connectivity index (χ2n) is 4.42. The summed E-state index contributed by atoms with van der Waals surface area (Å²) < 4.78 is 0. The predicted octanol–water partition coefficient (Wildman–Crippen LogP) is 2.18. The molecular weight excluding hydrogens is 204 g/mol. The maximum Gasteiger partial charge on any atom is 0.339 e. The smallest absolute Gasteiger partial charge is 0.339 e. The number of aromatic carboxylic acids is 1. The fourth-order valence-corrected chi connectivity index (χ4v) is 1.67. The van der Waals surface area contributed by atoms with Gasteiger partial charge in [0.1, 0.15) is 5.56 Å². The maximum atomic E-state index is 11.1. The van der Waals surface area contributed by atoms with Crippen LogP contribution < -0.4 is 4.90 Å². The van der Waals surface area contributed by atoms with E-state index >= 15 is 0 Å². The Bertz CT molecular complexity index is 389. The Labute approximate surface area is 95.9 Å². The maximum absolute atomic E-state index is 11.1. The lowest BCUT2D eigenvalue weighted by molar-refractivity contribution is 0.0697. The van der Waals surface area contributed by atoms with Gasteiger partial charge in [-0.15, -0.1) is 0 Å². The molecule has 4 nitrogen and oxygen atoms in total. The van der Waals surface area contributed by atoms with Crippen molar-refractivity contribution in [3.8, 4) is 0 Å². The average Bonchev–Trinajstić information content (AvgIpc) is 2.15. The molecule has 16 heavy (non-hydrogen) atoms. The van der Waals surface area contributed by atoms with E-state index in [1.807, 2.05) is 24.9 Å². The van der Waals surface area contributed by atoms with Crippen LogP contribution in [0.25, 0.3) is 0 Å². The Kier molecular flexibility index (Phi) is 3.88. The van der Waals surface area contributed by atoms with Gasteiger partial charge < -0.3 is 10.0 Å². The first-order chi connectivity index (χ1) is 7.41. The number of hydrogen-bond donors (Lipinski definition) is 1. The normalized spacial score (nSPS) is 10.6. The SMILES string of the molecule is Cc1cc(N(C)CC(C)C)c(C(=O)O)cn1. The summed E-state index contributed by atoms with van der Waals surface area (Å²) in [7, 11) is 1.90. The topological polar surface area (TPSA) is 53.4 Å². The highest BCUT2D eigenvalue weighted by molar-refractivity contribution is 5.94. The number of nitrogens with zero attached hydrogens (tertiary/aromatic N) is 2. The molecule has 1 heterocycles. The van der Waals surface area contributed by atoms with Crippen LogP contribution in [0.15, 0.2) is 12.3 Å². The lowest BCUT2D eigenvalue weighted by atomic mass is 10.1. The molecule has 1 aromatic heterocycles.